The number of hydrogen-bond donors (Lipinski definition) is 1. The smallest absolute Gasteiger partial charge is 0.251 e. The number of carbonyl (C=O) groups is 1. The number of nitrogens with zero attached hydrogens (tertiary/aromatic N) is 2. The van der Waals surface area contributed by atoms with Gasteiger partial charge in [0.25, 0.3) is 5.91 Å². The second-order valence-corrected chi connectivity index (χ2v) is 6.95. The van der Waals surface area contributed by atoms with Crippen molar-refractivity contribution in [1.82, 2.24) is 14.8 Å². The zero-order chi connectivity index (χ0) is 17.8. The molecule has 5 nitrogen and oxygen atoms in total. The maximum Gasteiger partial charge on any atom is 0.251 e. The number of rotatable bonds is 6. The van der Waals surface area contributed by atoms with Gasteiger partial charge in [0.15, 0.2) is 0 Å². The van der Waals surface area contributed by atoms with Gasteiger partial charge in [-0.15, -0.1) is 0 Å². The average Bonchev–Trinajstić information content (AvgIpc) is 3.25. The van der Waals surface area contributed by atoms with E-state index in [2.05, 4.69) is 28.6 Å². The van der Waals surface area contributed by atoms with Crippen molar-refractivity contribution in [3.63, 3.8) is 0 Å². The van der Waals surface area contributed by atoms with E-state index in [1.54, 1.807) is 7.11 Å². The summed E-state index contributed by atoms with van der Waals surface area (Å²) in [7, 11) is 1.71. The van der Waals surface area contributed by atoms with Gasteiger partial charge in [0, 0.05) is 50.7 Å². The van der Waals surface area contributed by atoms with Crippen LogP contribution < -0.4 is 5.32 Å². The Morgan fingerprint density at radius 3 is 2.48 bits per heavy atom. The van der Waals surface area contributed by atoms with E-state index in [-0.39, 0.29) is 18.1 Å². The standard InChI is InChI=1S/C20H27N3O2/c1-15(2)23-13-18(19(14-23)25-3)21-20(24)17-8-6-16(7-9-17)12-22-10-4-5-11-22/h4-11,15,18-19H,12-14H2,1-3H3,(H,21,24)/t18-,19-/m1/s1. The molecule has 2 aromatic rings. The van der Waals surface area contributed by atoms with E-state index in [4.69, 9.17) is 4.74 Å². The van der Waals surface area contributed by atoms with Crippen LogP contribution in [0.3, 0.4) is 0 Å². The van der Waals surface area contributed by atoms with Crippen molar-refractivity contribution < 1.29 is 9.53 Å². The Hall–Kier alpha value is -2.11. The van der Waals surface area contributed by atoms with Crippen molar-refractivity contribution in [1.29, 1.82) is 0 Å². The van der Waals surface area contributed by atoms with Gasteiger partial charge in [-0.1, -0.05) is 12.1 Å². The molecule has 134 valence electrons. The van der Waals surface area contributed by atoms with Crippen LogP contribution in [0.1, 0.15) is 29.8 Å². The van der Waals surface area contributed by atoms with E-state index in [0.29, 0.717) is 11.6 Å². The van der Waals surface area contributed by atoms with Crippen molar-refractivity contribution in [3.05, 3.63) is 59.9 Å². The molecule has 0 bridgehead atoms. The summed E-state index contributed by atoms with van der Waals surface area (Å²) in [5.41, 5.74) is 1.86. The predicted molar refractivity (Wildman–Crippen MR) is 98.7 cm³/mol. The Kier molecular flexibility index (Phi) is 5.56. The highest BCUT2D eigenvalue weighted by Crippen LogP contribution is 2.16. The highest BCUT2D eigenvalue weighted by atomic mass is 16.5. The largest absolute Gasteiger partial charge is 0.378 e. The maximum absolute atomic E-state index is 12.6. The van der Waals surface area contributed by atoms with Crippen LogP contribution in [0, 0.1) is 0 Å². The molecule has 1 amide bonds. The molecule has 2 atom stereocenters. The van der Waals surface area contributed by atoms with Crippen LogP contribution in [0.25, 0.3) is 0 Å². The number of nitrogens with one attached hydrogen (secondary N) is 1. The minimum atomic E-state index is -0.0369. The van der Waals surface area contributed by atoms with E-state index >= 15 is 0 Å². The number of amides is 1. The van der Waals surface area contributed by atoms with E-state index < -0.39 is 0 Å². The summed E-state index contributed by atoms with van der Waals surface area (Å²) in [5.74, 6) is -0.0369. The lowest BCUT2D eigenvalue weighted by atomic mass is 10.1. The fraction of sp³-hybridized carbons (Fsp3) is 0.450. The van der Waals surface area contributed by atoms with Crippen LogP contribution in [-0.4, -0.2) is 53.8 Å². The first-order valence-electron chi connectivity index (χ1n) is 8.84. The molecule has 1 aromatic carbocycles. The van der Waals surface area contributed by atoms with Crippen LogP contribution in [0.2, 0.25) is 0 Å². The number of hydrogen-bond acceptors (Lipinski definition) is 3. The van der Waals surface area contributed by atoms with Crippen LogP contribution in [0.5, 0.6) is 0 Å². The van der Waals surface area contributed by atoms with Gasteiger partial charge in [-0.25, -0.2) is 0 Å². The minimum absolute atomic E-state index is 0.0273. The number of benzene rings is 1. The number of aromatic nitrogens is 1. The lowest BCUT2D eigenvalue weighted by Gasteiger charge is -2.20. The summed E-state index contributed by atoms with van der Waals surface area (Å²) >= 11 is 0. The quantitative estimate of drug-likeness (QED) is 0.877. The third-order valence-electron chi connectivity index (χ3n) is 4.89. The first kappa shape index (κ1) is 17.7. The number of likely N-dealkylation sites (tertiary alicyclic amines) is 1. The molecule has 1 aliphatic heterocycles. The van der Waals surface area contributed by atoms with Gasteiger partial charge in [-0.05, 0) is 43.7 Å². The van der Waals surface area contributed by atoms with Gasteiger partial charge in [0.1, 0.15) is 0 Å². The van der Waals surface area contributed by atoms with Crippen LogP contribution in [0.4, 0.5) is 0 Å². The van der Waals surface area contributed by atoms with Crippen molar-refractivity contribution in [3.8, 4) is 0 Å². The zero-order valence-corrected chi connectivity index (χ0v) is 15.2. The third-order valence-corrected chi connectivity index (χ3v) is 4.89. The topological polar surface area (TPSA) is 46.5 Å². The molecule has 2 heterocycles. The van der Waals surface area contributed by atoms with Crippen molar-refractivity contribution in [2.75, 3.05) is 20.2 Å². The van der Waals surface area contributed by atoms with Gasteiger partial charge in [-0.2, -0.15) is 0 Å². The molecule has 3 rings (SSSR count). The fourth-order valence-corrected chi connectivity index (χ4v) is 3.30. The van der Waals surface area contributed by atoms with Crippen molar-refractivity contribution in [2.24, 2.45) is 0 Å². The van der Waals surface area contributed by atoms with Gasteiger partial charge >= 0.3 is 0 Å². The van der Waals surface area contributed by atoms with Crippen LogP contribution >= 0.6 is 0 Å². The summed E-state index contributed by atoms with van der Waals surface area (Å²) in [6.07, 6.45) is 4.11. The van der Waals surface area contributed by atoms with Gasteiger partial charge in [-0.3, -0.25) is 9.69 Å². The molecule has 25 heavy (non-hydrogen) atoms. The molecule has 1 N–H and O–H groups in total. The molecular weight excluding hydrogens is 314 g/mol. The van der Waals surface area contributed by atoms with E-state index in [9.17, 15) is 4.79 Å². The van der Waals surface area contributed by atoms with Crippen LogP contribution in [-0.2, 0) is 11.3 Å². The Bertz CT molecular complexity index is 679. The molecule has 5 heteroatoms. The molecule has 0 radical (unpaired) electrons. The molecular formula is C20H27N3O2. The molecule has 0 spiro atoms. The zero-order valence-electron chi connectivity index (χ0n) is 15.2. The molecule has 1 saturated heterocycles. The monoisotopic (exact) mass is 341 g/mol. The molecule has 0 saturated carbocycles. The molecule has 0 aliphatic carbocycles. The second-order valence-electron chi connectivity index (χ2n) is 6.95. The van der Waals surface area contributed by atoms with Crippen LogP contribution in [0.15, 0.2) is 48.8 Å². The maximum atomic E-state index is 12.6. The van der Waals surface area contributed by atoms with Gasteiger partial charge in [0.2, 0.25) is 0 Å². The van der Waals surface area contributed by atoms with E-state index in [1.165, 1.54) is 5.56 Å². The molecule has 0 unspecified atom stereocenters. The average molecular weight is 341 g/mol. The summed E-state index contributed by atoms with van der Waals surface area (Å²) < 4.78 is 7.67. The molecule has 1 aliphatic rings. The number of ether oxygens (including phenoxy) is 1. The van der Waals surface area contributed by atoms with Gasteiger partial charge < -0.3 is 14.6 Å². The number of methoxy groups -OCH3 is 1. The Morgan fingerprint density at radius 1 is 1.20 bits per heavy atom. The summed E-state index contributed by atoms with van der Waals surface area (Å²) in [5, 5.41) is 3.14. The highest BCUT2D eigenvalue weighted by molar-refractivity contribution is 5.94. The van der Waals surface area contributed by atoms with Crippen molar-refractivity contribution in [2.45, 2.75) is 38.6 Å². The first-order chi connectivity index (χ1) is 12.1. The SMILES string of the molecule is CO[C@@H]1CN(C(C)C)C[C@H]1NC(=O)c1ccc(Cn2cccc2)cc1. The summed E-state index contributed by atoms with van der Waals surface area (Å²) in [6, 6.07) is 12.3. The van der Waals surface area contributed by atoms with E-state index in [0.717, 1.165) is 19.6 Å². The molecule has 1 fully saturated rings. The fourth-order valence-electron chi connectivity index (χ4n) is 3.30. The lowest BCUT2D eigenvalue weighted by Crippen LogP contribution is -2.43. The molecule has 1 aromatic heterocycles. The first-order valence-corrected chi connectivity index (χ1v) is 8.84. The lowest BCUT2D eigenvalue weighted by molar-refractivity contribution is 0.0753. The summed E-state index contributed by atoms with van der Waals surface area (Å²) in [4.78, 5) is 14.9. The Morgan fingerprint density at radius 2 is 1.88 bits per heavy atom. The minimum Gasteiger partial charge on any atom is -0.378 e. The van der Waals surface area contributed by atoms with E-state index in [1.807, 2.05) is 48.8 Å². The second kappa shape index (κ2) is 7.85. The summed E-state index contributed by atoms with van der Waals surface area (Å²) in [6.45, 7) is 6.83. The van der Waals surface area contributed by atoms with Crippen molar-refractivity contribution >= 4 is 5.91 Å². The third kappa shape index (κ3) is 4.30. The predicted octanol–water partition coefficient (Wildman–Crippen LogP) is 2.37. The number of carbonyl (C=O) groups excluding carboxylic acids is 1. The normalized spacial score (nSPS) is 21.0. The highest BCUT2D eigenvalue weighted by Gasteiger charge is 2.35. The van der Waals surface area contributed by atoms with Gasteiger partial charge in [0.05, 0.1) is 12.1 Å². The Balaban J connectivity index is 1.61. The Labute approximate surface area is 149 Å².